The first-order valence-corrected chi connectivity index (χ1v) is 8.49. The van der Waals surface area contributed by atoms with E-state index < -0.39 is 0 Å². The first-order valence-electron chi connectivity index (χ1n) is 5.90. The van der Waals surface area contributed by atoms with E-state index >= 15 is 0 Å². The second-order valence-corrected chi connectivity index (χ2v) is 6.36. The molecule has 0 aliphatic heterocycles. The van der Waals surface area contributed by atoms with Gasteiger partial charge in [0.25, 0.3) is 0 Å². The largest absolute Gasteiger partial charge is 0.234 e. The molecule has 0 amide bonds. The van der Waals surface area contributed by atoms with E-state index in [1.54, 1.807) is 16.3 Å². The van der Waals surface area contributed by atoms with Crippen LogP contribution in [0.5, 0.6) is 0 Å². The van der Waals surface area contributed by atoms with E-state index in [9.17, 15) is 0 Å². The Labute approximate surface area is 129 Å². The van der Waals surface area contributed by atoms with E-state index in [-0.39, 0.29) is 0 Å². The first-order chi connectivity index (χ1) is 9.76. The van der Waals surface area contributed by atoms with Gasteiger partial charge >= 0.3 is 0 Å². The van der Waals surface area contributed by atoms with E-state index in [0.29, 0.717) is 0 Å². The van der Waals surface area contributed by atoms with E-state index in [2.05, 4.69) is 15.3 Å². The average molecular weight is 323 g/mol. The molecule has 0 saturated heterocycles. The van der Waals surface area contributed by atoms with Crippen molar-refractivity contribution in [1.29, 1.82) is 0 Å². The summed E-state index contributed by atoms with van der Waals surface area (Å²) in [7, 11) is 0. The fraction of sp³-hybridized carbons (Fsp3) is 0.154. The zero-order valence-corrected chi connectivity index (χ0v) is 13.0. The van der Waals surface area contributed by atoms with Crippen molar-refractivity contribution in [3.8, 4) is 0 Å². The normalized spacial score (nSPS) is 11.7. The minimum absolute atomic E-state index is 0.729. The third kappa shape index (κ3) is 2.87. The van der Waals surface area contributed by atoms with Gasteiger partial charge in [0.2, 0.25) is 4.96 Å². The molecule has 0 radical (unpaired) electrons. The van der Waals surface area contributed by atoms with Gasteiger partial charge in [-0.3, -0.25) is 0 Å². The molecule has 20 heavy (non-hydrogen) atoms. The van der Waals surface area contributed by atoms with Gasteiger partial charge in [-0.1, -0.05) is 41.1 Å². The Balaban J connectivity index is 1.87. The Hall–Kier alpha value is -1.37. The van der Waals surface area contributed by atoms with Crippen molar-refractivity contribution < 1.29 is 0 Å². The van der Waals surface area contributed by atoms with Crippen molar-refractivity contribution in [3.05, 3.63) is 45.7 Å². The quantitative estimate of drug-likeness (QED) is 0.731. The van der Waals surface area contributed by atoms with Crippen LogP contribution in [0.2, 0.25) is 5.02 Å². The van der Waals surface area contributed by atoms with Crippen LogP contribution in [0.4, 0.5) is 0 Å². The molecule has 3 aromatic rings. The van der Waals surface area contributed by atoms with Crippen molar-refractivity contribution >= 4 is 51.8 Å². The second kappa shape index (κ2) is 5.95. The number of hydrogen-bond acceptors (Lipinski definition) is 5. The molecule has 1 aromatic carbocycles. The summed E-state index contributed by atoms with van der Waals surface area (Å²) in [5.41, 5.74) is 1.05. The minimum atomic E-state index is 0.729. The van der Waals surface area contributed by atoms with E-state index in [1.807, 2.05) is 42.7 Å². The lowest BCUT2D eigenvalue weighted by atomic mass is 10.2. The lowest BCUT2D eigenvalue weighted by Gasteiger charge is -1.93. The monoisotopic (exact) mass is 322 g/mol. The van der Waals surface area contributed by atoms with Gasteiger partial charge in [0.05, 0.1) is 5.75 Å². The molecule has 3 rings (SSSR count). The highest BCUT2D eigenvalue weighted by Crippen LogP contribution is 2.19. The van der Waals surface area contributed by atoms with Crippen molar-refractivity contribution in [1.82, 2.24) is 19.8 Å². The molecule has 0 bridgehead atoms. The van der Waals surface area contributed by atoms with Crippen LogP contribution in [0.15, 0.2) is 24.3 Å². The molecule has 0 fully saturated rings. The summed E-state index contributed by atoms with van der Waals surface area (Å²) >= 11 is 9.18. The van der Waals surface area contributed by atoms with Crippen LogP contribution in [-0.4, -0.2) is 26.1 Å². The van der Waals surface area contributed by atoms with Crippen LogP contribution in [0, 0.1) is 0 Å². The highest BCUT2D eigenvalue weighted by atomic mass is 35.5. The Kier molecular flexibility index (Phi) is 4.05. The SMILES string of the molecule is CSCc1nnc2sc(C=Cc3cccc(Cl)c3)nn12. The predicted molar refractivity (Wildman–Crippen MR) is 86.3 cm³/mol. The van der Waals surface area contributed by atoms with Crippen molar-refractivity contribution in [3.63, 3.8) is 0 Å². The summed E-state index contributed by atoms with van der Waals surface area (Å²) in [6, 6.07) is 7.70. The number of nitrogens with zero attached hydrogens (tertiary/aromatic N) is 4. The molecular weight excluding hydrogens is 312 g/mol. The third-order valence-electron chi connectivity index (χ3n) is 2.61. The second-order valence-electron chi connectivity index (χ2n) is 4.07. The Morgan fingerprint density at radius 2 is 2.25 bits per heavy atom. The van der Waals surface area contributed by atoms with Gasteiger partial charge in [-0.2, -0.15) is 21.4 Å². The Bertz CT molecular complexity index is 763. The van der Waals surface area contributed by atoms with Crippen LogP contribution >= 0.6 is 34.7 Å². The first kappa shape index (κ1) is 13.6. The molecule has 2 heterocycles. The number of thioether (sulfide) groups is 1. The van der Waals surface area contributed by atoms with Crippen molar-refractivity contribution in [2.45, 2.75) is 5.75 Å². The van der Waals surface area contributed by atoms with Crippen LogP contribution in [0.1, 0.15) is 16.4 Å². The maximum Gasteiger partial charge on any atom is 0.234 e. The predicted octanol–water partition coefficient (Wildman–Crippen LogP) is 3.87. The van der Waals surface area contributed by atoms with Gasteiger partial charge in [0.15, 0.2) is 5.82 Å². The van der Waals surface area contributed by atoms with E-state index in [1.165, 1.54) is 11.3 Å². The van der Waals surface area contributed by atoms with Crippen LogP contribution in [0.3, 0.4) is 0 Å². The van der Waals surface area contributed by atoms with Gasteiger partial charge in [0.1, 0.15) is 5.01 Å². The summed E-state index contributed by atoms with van der Waals surface area (Å²) in [5, 5.41) is 14.4. The summed E-state index contributed by atoms with van der Waals surface area (Å²) in [6.07, 6.45) is 5.99. The van der Waals surface area contributed by atoms with E-state index in [0.717, 1.165) is 32.1 Å². The van der Waals surface area contributed by atoms with Gasteiger partial charge in [0, 0.05) is 5.02 Å². The van der Waals surface area contributed by atoms with Gasteiger partial charge in [-0.05, 0) is 30.0 Å². The van der Waals surface area contributed by atoms with Crippen molar-refractivity contribution in [2.75, 3.05) is 6.26 Å². The number of hydrogen-bond donors (Lipinski definition) is 0. The fourth-order valence-corrected chi connectivity index (χ4v) is 3.13. The molecule has 4 nitrogen and oxygen atoms in total. The summed E-state index contributed by atoms with van der Waals surface area (Å²) in [5.74, 6) is 1.69. The smallest absolute Gasteiger partial charge is 0.186 e. The zero-order valence-electron chi connectivity index (χ0n) is 10.7. The topological polar surface area (TPSA) is 43.1 Å². The van der Waals surface area contributed by atoms with E-state index in [4.69, 9.17) is 11.6 Å². The number of halogens is 1. The lowest BCUT2D eigenvalue weighted by molar-refractivity contribution is 0.881. The van der Waals surface area contributed by atoms with Crippen LogP contribution in [-0.2, 0) is 5.75 Å². The average Bonchev–Trinajstić information content (AvgIpc) is 2.99. The third-order valence-corrected chi connectivity index (χ3v) is 4.26. The molecule has 0 saturated carbocycles. The minimum Gasteiger partial charge on any atom is -0.186 e. The molecule has 0 N–H and O–H groups in total. The Morgan fingerprint density at radius 1 is 1.35 bits per heavy atom. The summed E-state index contributed by atoms with van der Waals surface area (Å²) < 4.78 is 1.80. The molecule has 7 heteroatoms. The number of aromatic nitrogens is 4. The lowest BCUT2D eigenvalue weighted by Crippen LogP contribution is -1.93. The standard InChI is InChI=1S/C13H11ClN4S2/c1-19-8-11-15-16-13-18(11)17-12(20-13)6-5-9-3-2-4-10(14)7-9/h2-7H,8H2,1H3. The summed E-state index contributed by atoms with van der Waals surface area (Å²) in [4.78, 5) is 0.819. The highest BCUT2D eigenvalue weighted by molar-refractivity contribution is 7.97. The van der Waals surface area contributed by atoms with Gasteiger partial charge < -0.3 is 0 Å². The molecule has 0 atom stereocenters. The number of benzene rings is 1. The van der Waals surface area contributed by atoms with Crippen molar-refractivity contribution in [2.24, 2.45) is 0 Å². The molecule has 102 valence electrons. The van der Waals surface area contributed by atoms with Gasteiger partial charge in [-0.25, -0.2) is 0 Å². The van der Waals surface area contributed by atoms with Crippen LogP contribution in [0.25, 0.3) is 17.1 Å². The molecule has 0 spiro atoms. The molecular formula is C13H11ClN4S2. The number of fused-ring (bicyclic) bond motifs is 1. The molecule has 0 aliphatic rings. The molecule has 0 unspecified atom stereocenters. The van der Waals surface area contributed by atoms with Crippen LogP contribution < -0.4 is 0 Å². The summed E-state index contributed by atoms with van der Waals surface area (Å²) in [6.45, 7) is 0. The maximum absolute atomic E-state index is 5.96. The molecule has 2 aromatic heterocycles. The zero-order chi connectivity index (χ0) is 13.9. The highest BCUT2D eigenvalue weighted by Gasteiger charge is 2.09. The number of rotatable bonds is 4. The Morgan fingerprint density at radius 3 is 3.05 bits per heavy atom. The molecule has 0 aliphatic carbocycles. The maximum atomic E-state index is 5.96. The van der Waals surface area contributed by atoms with Gasteiger partial charge in [-0.15, -0.1) is 10.2 Å². The fourth-order valence-electron chi connectivity index (χ4n) is 1.74.